The van der Waals surface area contributed by atoms with Crippen molar-refractivity contribution in [2.24, 2.45) is 0 Å². The second-order valence-electron chi connectivity index (χ2n) is 3.67. The molecular weight excluding hydrogens is 334 g/mol. The summed E-state index contributed by atoms with van der Waals surface area (Å²) in [6.07, 6.45) is 1.55. The fourth-order valence-electron chi connectivity index (χ4n) is 1.51. The molecule has 88 valence electrons. The zero-order chi connectivity index (χ0) is 12.4. The standard InChI is InChI=1S/C12H10FIN2O/c1-8-15-6-11(14)12(17)16(8)7-9-2-4-10(13)5-3-9/h2-6H,7H2,1H3. The van der Waals surface area contributed by atoms with Crippen LogP contribution in [0.4, 0.5) is 4.39 Å². The molecule has 0 bridgehead atoms. The van der Waals surface area contributed by atoms with Gasteiger partial charge in [0.2, 0.25) is 0 Å². The van der Waals surface area contributed by atoms with Crippen LogP contribution in [-0.4, -0.2) is 9.55 Å². The highest BCUT2D eigenvalue weighted by atomic mass is 127. The molecule has 0 aliphatic carbocycles. The Morgan fingerprint density at radius 3 is 2.65 bits per heavy atom. The summed E-state index contributed by atoms with van der Waals surface area (Å²) in [6, 6.07) is 6.11. The van der Waals surface area contributed by atoms with Gasteiger partial charge in [0.1, 0.15) is 11.6 Å². The predicted octanol–water partition coefficient (Wildman–Crippen LogP) is 2.34. The number of aromatic nitrogens is 2. The maximum Gasteiger partial charge on any atom is 0.267 e. The van der Waals surface area contributed by atoms with E-state index in [0.29, 0.717) is 15.9 Å². The lowest BCUT2D eigenvalue weighted by Gasteiger charge is -2.09. The van der Waals surface area contributed by atoms with E-state index in [1.54, 1.807) is 29.8 Å². The number of hydrogen-bond acceptors (Lipinski definition) is 2. The Hall–Kier alpha value is -1.24. The van der Waals surface area contributed by atoms with Gasteiger partial charge in [0, 0.05) is 6.20 Å². The Bertz CT molecular complexity index is 592. The molecule has 0 spiro atoms. The van der Waals surface area contributed by atoms with Crippen LogP contribution in [-0.2, 0) is 6.54 Å². The van der Waals surface area contributed by atoms with Crippen LogP contribution >= 0.6 is 22.6 Å². The predicted molar refractivity (Wildman–Crippen MR) is 71.5 cm³/mol. The van der Waals surface area contributed by atoms with Crippen molar-refractivity contribution in [1.82, 2.24) is 9.55 Å². The third kappa shape index (κ3) is 2.71. The molecule has 2 rings (SSSR count). The summed E-state index contributed by atoms with van der Waals surface area (Å²) in [4.78, 5) is 16.0. The molecule has 0 aliphatic heterocycles. The second-order valence-corrected chi connectivity index (χ2v) is 4.83. The first-order valence-electron chi connectivity index (χ1n) is 5.04. The Morgan fingerprint density at radius 1 is 1.35 bits per heavy atom. The van der Waals surface area contributed by atoms with Crippen LogP contribution in [0.15, 0.2) is 35.3 Å². The summed E-state index contributed by atoms with van der Waals surface area (Å²) in [6.45, 7) is 2.19. The van der Waals surface area contributed by atoms with Gasteiger partial charge in [-0.3, -0.25) is 9.36 Å². The van der Waals surface area contributed by atoms with Crippen LogP contribution in [0.2, 0.25) is 0 Å². The lowest BCUT2D eigenvalue weighted by molar-refractivity contribution is 0.625. The summed E-state index contributed by atoms with van der Waals surface area (Å²) >= 11 is 1.96. The van der Waals surface area contributed by atoms with Crippen LogP contribution < -0.4 is 5.56 Å². The van der Waals surface area contributed by atoms with Crippen LogP contribution in [0.3, 0.4) is 0 Å². The van der Waals surface area contributed by atoms with Gasteiger partial charge in [-0.1, -0.05) is 12.1 Å². The van der Waals surface area contributed by atoms with Gasteiger partial charge in [0.25, 0.3) is 5.56 Å². The maximum absolute atomic E-state index is 12.8. The topological polar surface area (TPSA) is 34.9 Å². The van der Waals surface area contributed by atoms with Gasteiger partial charge in [0.15, 0.2) is 0 Å². The van der Waals surface area contributed by atoms with Gasteiger partial charge >= 0.3 is 0 Å². The van der Waals surface area contributed by atoms with E-state index in [9.17, 15) is 9.18 Å². The van der Waals surface area contributed by atoms with E-state index < -0.39 is 0 Å². The van der Waals surface area contributed by atoms with Crippen LogP contribution in [0.1, 0.15) is 11.4 Å². The zero-order valence-electron chi connectivity index (χ0n) is 9.15. The van der Waals surface area contributed by atoms with Crippen molar-refractivity contribution in [3.8, 4) is 0 Å². The van der Waals surface area contributed by atoms with Crippen molar-refractivity contribution in [2.45, 2.75) is 13.5 Å². The second kappa shape index (κ2) is 4.95. The molecule has 3 nitrogen and oxygen atoms in total. The molecular formula is C12H10FIN2O. The molecule has 0 saturated carbocycles. The monoisotopic (exact) mass is 344 g/mol. The molecule has 1 aromatic heterocycles. The summed E-state index contributed by atoms with van der Waals surface area (Å²) in [5.74, 6) is 0.373. The van der Waals surface area contributed by atoms with Crippen molar-refractivity contribution in [3.63, 3.8) is 0 Å². The van der Waals surface area contributed by atoms with Crippen LogP contribution in [0.5, 0.6) is 0 Å². The normalized spacial score (nSPS) is 10.5. The third-order valence-electron chi connectivity index (χ3n) is 2.46. The van der Waals surface area contributed by atoms with Gasteiger partial charge in [-0.05, 0) is 47.2 Å². The number of hydrogen-bond donors (Lipinski definition) is 0. The number of nitrogens with zero attached hydrogens (tertiary/aromatic N) is 2. The fourth-order valence-corrected chi connectivity index (χ4v) is 1.94. The SMILES string of the molecule is Cc1ncc(I)c(=O)n1Cc1ccc(F)cc1. The number of rotatable bonds is 2. The highest BCUT2D eigenvalue weighted by Gasteiger charge is 2.05. The molecule has 1 aromatic carbocycles. The van der Waals surface area contributed by atoms with Gasteiger partial charge in [-0.25, -0.2) is 9.37 Å². The molecule has 0 N–H and O–H groups in total. The third-order valence-corrected chi connectivity index (χ3v) is 3.20. The Morgan fingerprint density at radius 2 is 2.00 bits per heavy atom. The van der Waals surface area contributed by atoms with Gasteiger partial charge in [-0.15, -0.1) is 0 Å². The number of halogens is 2. The van der Waals surface area contributed by atoms with Gasteiger partial charge in [-0.2, -0.15) is 0 Å². The van der Waals surface area contributed by atoms with E-state index in [0.717, 1.165) is 5.56 Å². The molecule has 0 radical (unpaired) electrons. The van der Waals surface area contributed by atoms with E-state index in [1.165, 1.54) is 12.1 Å². The number of aryl methyl sites for hydroxylation is 1. The van der Waals surface area contributed by atoms with Crippen molar-refractivity contribution in [1.29, 1.82) is 0 Å². The Balaban J connectivity index is 2.39. The quantitative estimate of drug-likeness (QED) is 0.784. The van der Waals surface area contributed by atoms with E-state index >= 15 is 0 Å². The van der Waals surface area contributed by atoms with E-state index in [2.05, 4.69) is 4.98 Å². The van der Waals surface area contributed by atoms with E-state index in [-0.39, 0.29) is 11.4 Å². The zero-order valence-corrected chi connectivity index (χ0v) is 11.3. The van der Waals surface area contributed by atoms with Crippen LogP contribution in [0, 0.1) is 16.3 Å². The first-order chi connectivity index (χ1) is 8.08. The summed E-state index contributed by atoms with van der Waals surface area (Å²) < 4.78 is 14.9. The molecule has 17 heavy (non-hydrogen) atoms. The molecule has 5 heteroatoms. The minimum Gasteiger partial charge on any atom is -0.292 e. The maximum atomic E-state index is 12.8. The average Bonchev–Trinajstić information content (AvgIpc) is 2.32. The Labute approximate surface area is 111 Å². The molecule has 0 saturated heterocycles. The smallest absolute Gasteiger partial charge is 0.267 e. The van der Waals surface area contributed by atoms with Gasteiger partial charge in [0.05, 0.1) is 10.1 Å². The molecule has 0 fully saturated rings. The lowest BCUT2D eigenvalue weighted by atomic mass is 10.2. The minimum absolute atomic E-state index is 0.0672. The van der Waals surface area contributed by atoms with Crippen LogP contribution in [0.25, 0.3) is 0 Å². The first kappa shape index (κ1) is 12.2. The van der Waals surface area contributed by atoms with E-state index in [4.69, 9.17) is 0 Å². The lowest BCUT2D eigenvalue weighted by Crippen LogP contribution is -2.26. The van der Waals surface area contributed by atoms with E-state index in [1.807, 2.05) is 22.6 Å². The van der Waals surface area contributed by atoms with Gasteiger partial charge < -0.3 is 0 Å². The molecule has 2 aromatic rings. The molecule has 1 heterocycles. The summed E-state index contributed by atoms with van der Waals surface area (Å²) in [7, 11) is 0. The number of benzene rings is 1. The summed E-state index contributed by atoms with van der Waals surface area (Å²) in [5, 5.41) is 0. The Kier molecular flexibility index (Phi) is 3.56. The highest BCUT2D eigenvalue weighted by molar-refractivity contribution is 14.1. The molecule has 0 amide bonds. The van der Waals surface area contributed by atoms with Crippen molar-refractivity contribution < 1.29 is 4.39 Å². The highest BCUT2D eigenvalue weighted by Crippen LogP contribution is 2.06. The largest absolute Gasteiger partial charge is 0.292 e. The van der Waals surface area contributed by atoms with Crippen molar-refractivity contribution in [2.75, 3.05) is 0 Å². The summed E-state index contributed by atoms with van der Waals surface area (Å²) in [5.41, 5.74) is 0.808. The molecule has 0 aliphatic rings. The molecule has 0 atom stereocenters. The minimum atomic E-state index is -0.279. The van der Waals surface area contributed by atoms with Crippen molar-refractivity contribution >= 4 is 22.6 Å². The fraction of sp³-hybridized carbons (Fsp3) is 0.167. The van der Waals surface area contributed by atoms with Crippen molar-refractivity contribution in [3.05, 3.63) is 61.6 Å². The first-order valence-corrected chi connectivity index (χ1v) is 6.12. The average molecular weight is 344 g/mol. The molecule has 0 unspecified atom stereocenters.